The van der Waals surface area contributed by atoms with Gasteiger partial charge in [0.2, 0.25) is 11.8 Å². The molecular weight excluding hydrogens is 374 g/mol. The van der Waals surface area contributed by atoms with Crippen LogP contribution in [-0.4, -0.2) is 29.9 Å². The summed E-state index contributed by atoms with van der Waals surface area (Å²) in [5, 5.41) is 3.56. The maximum Gasteiger partial charge on any atom is 0.227 e. The highest BCUT2D eigenvalue weighted by atomic mass is 32.1. The third kappa shape index (κ3) is 4.35. The minimum Gasteiger partial charge on any atom is -0.490 e. The molecule has 28 heavy (non-hydrogen) atoms. The van der Waals surface area contributed by atoms with E-state index in [0.717, 1.165) is 24.2 Å². The van der Waals surface area contributed by atoms with Gasteiger partial charge in [0.05, 0.1) is 17.9 Å². The van der Waals surface area contributed by atoms with E-state index in [1.54, 1.807) is 16.2 Å². The lowest BCUT2D eigenvalue weighted by atomic mass is 10.0. The average molecular weight is 400 g/mol. The van der Waals surface area contributed by atoms with Gasteiger partial charge >= 0.3 is 0 Å². The summed E-state index contributed by atoms with van der Waals surface area (Å²) in [6, 6.07) is 7.50. The molecule has 0 spiro atoms. The molecule has 7 heteroatoms. The van der Waals surface area contributed by atoms with Crippen LogP contribution in [-0.2, 0) is 22.4 Å². The quantitative estimate of drug-likeness (QED) is 0.845. The van der Waals surface area contributed by atoms with Gasteiger partial charge in [-0.05, 0) is 37.8 Å². The van der Waals surface area contributed by atoms with E-state index in [-0.39, 0.29) is 24.7 Å². The smallest absolute Gasteiger partial charge is 0.227 e. The van der Waals surface area contributed by atoms with Crippen molar-refractivity contribution < 1.29 is 14.3 Å². The average Bonchev–Trinajstić information content (AvgIpc) is 3.06. The summed E-state index contributed by atoms with van der Waals surface area (Å²) >= 11 is 1.58. The number of nitrogens with zero attached hydrogens (tertiary/aromatic N) is 2. The number of hydrogen-bond acceptors (Lipinski definition) is 5. The lowest BCUT2D eigenvalue weighted by molar-refractivity contribution is -0.122. The van der Waals surface area contributed by atoms with Gasteiger partial charge < -0.3 is 15.0 Å². The van der Waals surface area contributed by atoms with Crippen LogP contribution in [0.25, 0.3) is 0 Å². The van der Waals surface area contributed by atoms with E-state index in [2.05, 4.69) is 10.3 Å². The molecule has 1 aliphatic carbocycles. The van der Waals surface area contributed by atoms with E-state index in [4.69, 9.17) is 4.74 Å². The van der Waals surface area contributed by atoms with E-state index in [1.807, 2.05) is 24.3 Å². The van der Waals surface area contributed by atoms with Crippen molar-refractivity contribution in [2.45, 2.75) is 51.4 Å². The molecular formula is C21H25N3O3S. The molecule has 2 aromatic rings. The number of benzene rings is 1. The molecule has 1 aliphatic heterocycles. The molecule has 0 unspecified atom stereocenters. The van der Waals surface area contributed by atoms with Crippen LogP contribution in [0.1, 0.15) is 49.1 Å². The van der Waals surface area contributed by atoms with E-state index in [1.165, 1.54) is 30.6 Å². The number of aryl methyl sites for hydroxylation is 2. The molecule has 0 atom stereocenters. The SMILES string of the molecule is O=C(CCC(=O)N1CCOc2ccccc21)Nc1nc2c(s1)CCCCCC2. The zero-order valence-corrected chi connectivity index (χ0v) is 16.7. The van der Waals surface area contributed by atoms with Crippen LogP contribution in [0.5, 0.6) is 5.75 Å². The van der Waals surface area contributed by atoms with Gasteiger partial charge in [0, 0.05) is 17.7 Å². The van der Waals surface area contributed by atoms with Gasteiger partial charge in [0.25, 0.3) is 0 Å². The number of para-hydroxylation sites is 2. The number of carbonyl (C=O) groups excluding carboxylic acids is 2. The van der Waals surface area contributed by atoms with Crippen molar-refractivity contribution >= 4 is 34.0 Å². The summed E-state index contributed by atoms with van der Waals surface area (Å²) in [6.45, 7) is 0.982. The Bertz CT molecular complexity index is 839. The highest BCUT2D eigenvalue weighted by Gasteiger charge is 2.23. The van der Waals surface area contributed by atoms with Crippen LogP contribution in [0.4, 0.5) is 10.8 Å². The van der Waals surface area contributed by atoms with E-state index < -0.39 is 0 Å². The van der Waals surface area contributed by atoms with Crippen LogP contribution >= 0.6 is 11.3 Å². The van der Waals surface area contributed by atoms with Crippen LogP contribution in [0.15, 0.2) is 24.3 Å². The minimum absolute atomic E-state index is 0.0580. The number of thiazole rings is 1. The van der Waals surface area contributed by atoms with Crippen molar-refractivity contribution in [2.75, 3.05) is 23.4 Å². The molecule has 0 fully saturated rings. The van der Waals surface area contributed by atoms with Gasteiger partial charge in [-0.15, -0.1) is 11.3 Å². The zero-order chi connectivity index (χ0) is 19.3. The fourth-order valence-corrected chi connectivity index (χ4v) is 4.79. The maximum absolute atomic E-state index is 12.6. The molecule has 1 aromatic heterocycles. The Morgan fingerprint density at radius 2 is 1.93 bits per heavy atom. The molecule has 0 saturated heterocycles. The van der Waals surface area contributed by atoms with Crippen LogP contribution in [0, 0.1) is 0 Å². The standard InChI is InChI=1S/C21H25N3O3S/c25-19(23-21-22-15-7-3-1-2-4-10-18(15)28-21)11-12-20(26)24-13-14-27-17-9-6-5-8-16(17)24/h5-6,8-9H,1-4,7,10-14H2,(H,22,23,25). The van der Waals surface area contributed by atoms with Gasteiger partial charge in [-0.25, -0.2) is 4.98 Å². The number of ether oxygens (including phenoxy) is 1. The molecule has 1 N–H and O–H groups in total. The molecule has 148 valence electrons. The molecule has 6 nitrogen and oxygen atoms in total. The fourth-order valence-electron chi connectivity index (χ4n) is 3.72. The monoisotopic (exact) mass is 399 g/mol. The first-order chi connectivity index (χ1) is 13.7. The second-order valence-electron chi connectivity index (χ2n) is 7.21. The van der Waals surface area contributed by atoms with Crippen molar-refractivity contribution in [2.24, 2.45) is 0 Å². The van der Waals surface area contributed by atoms with Crippen molar-refractivity contribution in [1.82, 2.24) is 4.98 Å². The topological polar surface area (TPSA) is 71.5 Å². The van der Waals surface area contributed by atoms with Crippen molar-refractivity contribution in [3.63, 3.8) is 0 Å². The first-order valence-corrected chi connectivity index (χ1v) is 10.8. The Morgan fingerprint density at radius 3 is 2.82 bits per heavy atom. The molecule has 2 amide bonds. The second-order valence-corrected chi connectivity index (χ2v) is 8.30. The summed E-state index contributed by atoms with van der Waals surface area (Å²) in [5.41, 5.74) is 1.92. The lowest BCUT2D eigenvalue weighted by Gasteiger charge is -2.29. The number of nitrogens with one attached hydrogen (secondary N) is 1. The lowest BCUT2D eigenvalue weighted by Crippen LogP contribution is -2.38. The van der Waals surface area contributed by atoms with Crippen molar-refractivity contribution in [3.8, 4) is 5.75 Å². The number of amides is 2. The number of hydrogen-bond donors (Lipinski definition) is 1. The summed E-state index contributed by atoms with van der Waals surface area (Å²) in [6.07, 6.45) is 7.26. The van der Waals surface area contributed by atoms with Gasteiger partial charge in [-0.2, -0.15) is 0 Å². The Balaban J connectivity index is 1.33. The van der Waals surface area contributed by atoms with E-state index in [9.17, 15) is 9.59 Å². The van der Waals surface area contributed by atoms with Crippen LogP contribution < -0.4 is 15.0 Å². The number of aromatic nitrogens is 1. The zero-order valence-electron chi connectivity index (χ0n) is 15.9. The number of fused-ring (bicyclic) bond motifs is 2. The Hall–Kier alpha value is -2.41. The predicted molar refractivity (Wildman–Crippen MR) is 110 cm³/mol. The van der Waals surface area contributed by atoms with Gasteiger partial charge in [0.15, 0.2) is 5.13 Å². The van der Waals surface area contributed by atoms with E-state index in [0.29, 0.717) is 24.0 Å². The number of carbonyl (C=O) groups is 2. The first kappa shape index (κ1) is 18.9. The van der Waals surface area contributed by atoms with Crippen molar-refractivity contribution in [3.05, 3.63) is 34.8 Å². The summed E-state index contributed by atoms with van der Waals surface area (Å²) in [4.78, 5) is 32.6. The summed E-state index contributed by atoms with van der Waals surface area (Å²) in [5.74, 6) is 0.501. The molecule has 0 radical (unpaired) electrons. The van der Waals surface area contributed by atoms with Crippen LogP contribution in [0.2, 0.25) is 0 Å². The Morgan fingerprint density at radius 1 is 1.11 bits per heavy atom. The normalized spacial score (nSPS) is 16.2. The van der Waals surface area contributed by atoms with E-state index >= 15 is 0 Å². The van der Waals surface area contributed by atoms with Gasteiger partial charge in [0.1, 0.15) is 12.4 Å². The van der Waals surface area contributed by atoms with Crippen molar-refractivity contribution in [1.29, 1.82) is 0 Å². The molecule has 1 aromatic carbocycles. The third-order valence-corrected chi connectivity index (χ3v) is 6.26. The Labute approximate surface area is 168 Å². The minimum atomic E-state index is -0.156. The van der Waals surface area contributed by atoms with Crippen LogP contribution in [0.3, 0.4) is 0 Å². The van der Waals surface area contributed by atoms with Gasteiger partial charge in [-0.3, -0.25) is 9.59 Å². The highest BCUT2D eigenvalue weighted by molar-refractivity contribution is 7.15. The Kier molecular flexibility index (Phi) is 5.90. The second kappa shape index (κ2) is 8.73. The maximum atomic E-state index is 12.6. The summed E-state index contributed by atoms with van der Waals surface area (Å²) in [7, 11) is 0. The molecule has 0 bridgehead atoms. The number of rotatable bonds is 4. The fraction of sp³-hybridized carbons (Fsp3) is 0.476. The number of anilines is 2. The molecule has 4 rings (SSSR count). The van der Waals surface area contributed by atoms with Gasteiger partial charge in [-0.1, -0.05) is 25.0 Å². The summed E-state index contributed by atoms with van der Waals surface area (Å²) < 4.78 is 5.59. The first-order valence-electron chi connectivity index (χ1n) is 10.0. The highest BCUT2D eigenvalue weighted by Crippen LogP contribution is 2.32. The largest absolute Gasteiger partial charge is 0.490 e. The molecule has 2 heterocycles. The predicted octanol–water partition coefficient (Wildman–Crippen LogP) is 3.95. The molecule has 0 saturated carbocycles. The molecule has 2 aliphatic rings. The third-order valence-electron chi connectivity index (χ3n) is 5.19.